The monoisotopic (exact) mass is 232 g/mol. The van der Waals surface area contributed by atoms with Crippen molar-refractivity contribution < 1.29 is 4.79 Å². The lowest BCUT2D eigenvalue weighted by Gasteiger charge is -2.25. The van der Waals surface area contributed by atoms with Crippen LogP contribution in [0.3, 0.4) is 0 Å². The molecule has 0 bridgehead atoms. The third-order valence-electron chi connectivity index (χ3n) is 2.55. The highest BCUT2D eigenvalue weighted by Gasteiger charge is 2.17. The summed E-state index contributed by atoms with van der Waals surface area (Å²) in [6.07, 6.45) is 2.09. The molecule has 0 aliphatic carbocycles. The van der Waals surface area contributed by atoms with E-state index < -0.39 is 0 Å². The van der Waals surface area contributed by atoms with Crippen LogP contribution in [0.5, 0.6) is 0 Å². The third-order valence-corrected chi connectivity index (χ3v) is 3.80. The highest BCUT2D eigenvalue weighted by molar-refractivity contribution is 7.99. The number of carbonyl (C=O) groups is 1. The van der Waals surface area contributed by atoms with E-state index in [1.807, 2.05) is 20.9 Å². The lowest BCUT2D eigenvalue weighted by Crippen LogP contribution is -2.42. The van der Waals surface area contributed by atoms with Crippen LogP contribution in [-0.4, -0.2) is 48.0 Å². The van der Waals surface area contributed by atoms with Crippen LogP contribution in [0.25, 0.3) is 0 Å². The average Bonchev–Trinajstić information content (AvgIpc) is 2.16. The van der Waals surface area contributed by atoms with Gasteiger partial charge in [0, 0.05) is 24.4 Å². The molecule has 1 N–H and O–H groups in total. The maximum absolute atomic E-state index is 11.6. The van der Waals surface area contributed by atoms with Crippen LogP contribution in [0.4, 0.5) is 0 Å². The summed E-state index contributed by atoms with van der Waals surface area (Å²) in [4.78, 5) is 13.4. The number of nitrogens with zero attached hydrogens (tertiary/aromatic N) is 1. The third kappa shape index (κ3) is 6.05. The fraction of sp³-hybridized carbons (Fsp3) is 0.909. The first-order valence-corrected chi connectivity index (χ1v) is 6.54. The molecule has 90 valence electrons. The first-order valence-electron chi connectivity index (χ1n) is 5.31. The quantitative estimate of drug-likeness (QED) is 0.755. The summed E-state index contributed by atoms with van der Waals surface area (Å²) in [5.41, 5.74) is 0. The van der Waals surface area contributed by atoms with Crippen molar-refractivity contribution in [3.8, 4) is 0 Å². The number of amides is 1. The highest BCUT2D eigenvalue weighted by Crippen LogP contribution is 2.19. The van der Waals surface area contributed by atoms with Crippen molar-refractivity contribution in [3.05, 3.63) is 0 Å². The standard InChI is InChI=1S/C11H24N2OS/c1-9(2)13(5)10(14)7-12-8-11(3,4)15-6/h9,12H,7-8H2,1-6H3. The molecule has 4 heteroatoms. The zero-order valence-electron chi connectivity index (χ0n) is 10.8. The van der Waals surface area contributed by atoms with Gasteiger partial charge in [-0.15, -0.1) is 0 Å². The molecule has 0 rings (SSSR count). The van der Waals surface area contributed by atoms with E-state index >= 15 is 0 Å². The molecule has 0 heterocycles. The Labute approximate surface area is 98.0 Å². The highest BCUT2D eigenvalue weighted by atomic mass is 32.2. The average molecular weight is 232 g/mol. The summed E-state index contributed by atoms with van der Waals surface area (Å²) in [6, 6.07) is 0.271. The van der Waals surface area contributed by atoms with Gasteiger partial charge < -0.3 is 10.2 Å². The second-order valence-corrected chi connectivity index (χ2v) is 6.18. The molecule has 0 unspecified atom stereocenters. The van der Waals surface area contributed by atoms with E-state index in [9.17, 15) is 4.79 Å². The van der Waals surface area contributed by atoms with Gasteiger partial charge >= 0.3 is 0 Å². The molecule has 0 saturated carbocycles. The SMILES string of the molecule is CSC(C)(C)CNCC(=O)N(C)C(C)C. The Kier molecular flexibility index (Phi) is 6.29. The second kappa shape index (κ2) is 6.38. The van der Waals surface area contributed by atoms with Gasteiger partial charge in [0.05, 0.1) is 6.54 Å². The summed E-state index contributed by atoms with van der Waals surface area (Å²) in [5, 5.41) is 3.20. The minimum atomic E-state index is 0.155. The maximum atomic E-state index is 11.6. The molecule has 0 fully saturated rings. The van der Waals surface area contributed by atoms with E-state index in [0.29, 0.717) is 6.54 Å². The van der Waals surface area contributed by atoms with E-state index in [4.69, 9.17) is 0 Å². The number of rotatable bonds is 6. The molecule has 0 aliphatic heterocycles. The predicted molar refractivity (Wildman–Crippen MR) is 68.4 cm³/mol. The molecule has 0 atom stereocenters. The fourth-order valence-corrected chi connectivity index (χ4v) is 1.20. The van der Waals surface area contributed by atoms with Crippen LogP contribution >= 0.6 is 11.8 Å². The molecule has 0 aromatic carbocycles. The van der Waals surface area contributed by atoms with Crippen molar-refractivity contribution in [3.63, 3.8) is 0 Å². The van der Waals surface area contributed by atoms with Gasteiger partial charge in [0.2, 0.25) is 5.91 Å². The van der Waals surface area contributed by atoms with Crippen molar-refractivity contribution in [2.45, 2.75) is 38.5 Å². The molecule has 15 heavy (non-hydrogen) atoms. The van der Waals surface area contributed by atoms with Gasteiger partial charge in [-0.25, -0.2) is 0 Å². The Hall–Kier alpha value is -0.220. The van der Waals surface area contributed by atoms with E-state index in [0.717, 1.165) is 6.54 Å². The molecule has 0 aromatic heterocycles. The summed E-state index contributed by atoms with van der Waals surface area (Å²) in [6.45, 7) is 9.65. The first kappa shape index (κ1) is 14.8. The van der Waals surface area contributed by atoms with Crippen LogP contribution in [0, 0.1) is 0 Å². The van der Waals surface area contributed by atoms with Crippen LogP contribution < -0.4 is 5.32 Å². The van der Waals surface area contributed by atoms with E-state index in [2.05, 4.69) is 25.4 Å². The van der Waals surface area contributed by atoms with Crippen molar-refractivity contribution in [2.24, 2.45) is 0 Å². The molecular formula is C11H24N2OS. The topological polar surface area (TPSA) is 32.3 Å². The first-order chi connectivity index (χ1) is 6.80. The van der Waals surface area contributed by atoms with Gasteiger partial charge in [-0.2, -0.15) is 11.8 Å². The Bertz CT molecular complexity index is 205. The number of likely N-dealkylation sites (N-methyl/N-ethyl adjacent to an activating group) is 1. The predicted octanol–water partition coefficient (Wildman–Crippen LogP) is 1.58. The van der Waals surface area contributed by atoms with Crippen LogP contribution in [0.2, 0.25) is 0 Å². The second-order valence-electron chi connectivity index (χ2n) is 4.67. The summed E-state index contributed by atoms with van der Waals surface area (Å²) >= 11 is 1.81. The van der Waals surface area contributed by atoms with Gasteiger partial charge in [-0.1, -0.05) is 0 Å². The molecule has 1 amide bonds. The van der Waals surface area contributed by atoms with Crippen molar-refractivity contribution >= 4 is 17.7 Å². The number of carbonyl (C=O) groups excluding carboxylic acids is 1. The number of hydrogen-bond acceptors (Lipinski definition) is 3. The summed E-state index contributed by atoms with van der Waals surface area (Å²) < 4.78 is 0.191. The fourth-order valence-electron chi connectivity index (χ4n) is 0.955. The summed E-state index contributed by atoms with van der Waals surface area (Å²) in [7, 11) is 1.84. The normalized spacial score (nSPS) is 11.9. The lowest BCUT2D eigenvalue weighted by atomic mass is 10.2. The lowest BCUT2D eigenvalue weighted by molar-refractivity contribution is -0.130. The van der Waals surface area contributed by atoms with Gasteiger partial charge in [-0.05, 0) is 34.0 Å². The number of nitrogens with one attached hydrogen (secondary N) is 1. The van der Waals surface area contributed by atoms with Crippen LogP contribution in [0.15, 0.2) is 0 Å². The van der Waals surface area contributed by atoms with Gasteiger partial charge in [-0.3, -0.25) is 4.79 Å². The van der Waals surface area contributed by atoms with Crippen LogP contribution in [0.1, 0.15) is 27.7 Å². The van der Waals surface area contributed by atoms with Crippen LogP contribution in [-0.2, 0) is 4.79 Å². The Morgan fingerprint density at radius 3 is 2.40 bits per heavy atom. The van der Waals surface area contributed by atoms with E-state index in [1.165, 1.54) is 0 Å². The maximum Gasteiger partial charge on any atom is 0.236 e. The molecule has 0 saturated heterocycles. The Balaban J connectivity index is 3.83. The minimum absolute atomic E-state index is 0.155. The molecular weight excluding hydrogens is 208 g/mol. The zero-order valence-corrected chi connectivity index (χ0v) is 11.6. The van der Waals surface area contributed by atoms with Crippen molar-refractivity contribution in [1.29, 1.82) is 0 Å². The zero-order chi connectivity index (χ0) is 12.1. The largest absolute Gasteiger partial charge is 0.342 e. The molecule has 0 spiro atoms. The molecule has 0 aliphatic rings. The van der Waals surface area contributed by atoms with Gasteiger partial charge in [0.15, 0.2) is 0 Å². The minimum Gasteiger partial charge on any atom is -0.342 e. The Morgan fingerprint density at radius 2 is 2.00 bits per heavy atom. The number of hydrogen-bond donors (Lipinski definition) is 1. The van der Waals surface area contributed by atoms with E-state index in [1.54, 1.807) is 16.7 Å². The van der Waals surface area contributed by atoms with Gasteiger partial charge in [0.1, 0.15) is 0 Å². The summed E-state index contributed by atoms with van der Waals surface area (Å²) in [5.74, 6) is 0.155. The smallest absolute Gasteiger partial charge is 0.236 e. The molecule has 0 aromatic rings. The van der Waals surface area contributed by atoms with Crippen molar-refractivity contribution in [2.75, 3.05) is 26.4 Å². The van der Waals surface area contributed by atoms with Gasteiger partial charge in [0.25, 0.3) is 0 Å². The van der Waals surface area contributed by atoms with E-state index in [-0.39, 0.29) is 16.7 Å². The molecule has 0 radical (unpaired) electrons. The Morgan fingerprint density at radius 1 is 1.47 bits per heavy atom. The van der Waals surface area contributed by atoms with Crippen molar-refractivity contribution in [1.82, 2.24) is 10.2 Å². The number of thioether (sulfide) groups is 1. The molecule has 3 nitrogen and oxygen atoms in total.